The van der Waals surface area contributed by atoms with E-state index in [1.807, 2.05) is 0 Å². The van der Waals surface area contributed by atoms with Crippen molar-refractivity contribution >= 4 is 5.91 Å². The van der Waals surface area contributed by atoms with E-state index in [0.29, 0.717) is 0 Å². The van der Waals surface area contributed by atoms with Gasteiger partial charge in [-0.05, 0) is 0 Å². The third-order valence-corrected chi connectivity index (χ3v) is 3.73. The standard InChI is InChI=1S/C14H15F15N2O2.HI/c1-31(2,3)6-4-5-30-7(32)8(15,16)9(17,18)10(19,20)14(28,29)33-11(21,12(22,23)24)13(25,26)27;/h4-6H2,1-3H3;1H. The minimum Gasteiger partial charge on any atom is -1.00 e. The average Bonchev–Trinajstić information content (AvgIpc) is 2.54. The second-order valence-corrected chi connectivity index (χ2v) is 7.56. The summed E-state index contributed by atoms with van der Waals surface area (Å²) in [6.45, 7) is -0.813. The van der Waals surface area contributed by atoms with E-state index in [1.165, 1.54) is 4.74 Å². The van der Waals surface area contributed by atoms with Crippen LogP contribution >= 0.6 is 0 Å². The number of amides is 1. The first-order chi connectivity index (χ1) is 14.1. The topological polar surface area (TPSA) is 38.3 Å². The molecule has 0 heterocycles. The Morgan fingerprint density at radius 2 is 1.12 bits per heavy atom. The van der Waals surface area contributed by atoms with Crippen molar-refractivity contribution in [3.8, 4) is 0 Å². The van der Waals surface area contributed by atoms with E-state index in [0.717, 1.165) is 5.32 Å². The fourth-order valence-electron chi connectivity index (χ4n) is 1.91. The van der Waals surface area contributed by atoms with Crippen molar-refractivity contribution in [2.24, 2.45) is 0 Å². The number of alkyl halides is 15. The van der Waals surface area contributed by atoms with Crippen LogP contribution < -0.4 is 29.3 Å². The van der Waals surface area contributed by atoms with Gasteiger partial charge in [-0.25, -0.2) is 0 Å². The molecular weight excluding hydrogens is 640 g/mol. The Labute approximate surface area is 198 Å². The maximum Gasteiger partial charge on any atom is 0.458 e. The predicted molar refractivity (Wildman–Crippen MR) is 77.3 cm³/mol. The highest BCUT2D eigenvalue weighted by molar-refractivity contribution is 5.84. The summed E-state index contributed by atoms with van der Waals surface area (Å²) in [6.07, 6.45) is -23.3. The lowest BCUT2D eigenvalue weighted by Crippen LogP contribution is -3.00. The van der Waals surface area contributed by atoms with Crippen LogP contribution in [0.25, 0.3) is 0 Å². The van der Waals surface area contributed by atoms with Crippen molar-refractivity contribution in [3.63, 3.8) is 0 Å². The molecule has 1 N–H and O–H groups in total. The summed E-state index contributed by atoms with van der Waals surface area (Å²) in [7, 11) is 4.63. The second kappa shape index (κ2) is 10.2. The number of carbonyl (C=O) groups is 1. The lowest BCUT2D eigenvalue weighted by Gasteiger charge is -2.39. The van der Waals surface area contributed by atoms with Crippen LogP contribution in [-0.4, -0.2) is 86.7 Å². The number of hydrogen-bond donors (Lipinski definition) is 1. The smallest absolute Gasteiger partial charge is 0.458 e. The van der Waals surface area contributed by atoms with E-state index in [-0.39, 0.29) is 41.4 Å². The van der Waals surface area contributed by atoms with E-state index in [9.17, 15) is 70.7 Å². The number of carbonyl (C=O) groups excluding carboxylic acids is 1. The van der Waals surface area contributed by atoms with Gasteiger partial charge in [0.2, 0.25) is 0 Å². The molecular formula is C14H16F15IN2O2. The van der Waals surface area contributed by atoms with Crippen molar-refractivity contribution in [2.45, 2.75) is 48.5 Å². The number of nitrogens with zero attached hydrogens (tertiary/aromatic N) is 1. The number of quaternary nitrogens is 1. The molecule has 20 heteroatoms. The first-order valence-electron chi connectivity index (χ1n) is 8.21. The van der Waals surface area contributed by atoms with Gasteiger partial charge in [0.1, 0.15) is 0 Å². The molecule has 0 aromatic rings. The third-order valence-electron chi connectivity index (χ3n) is 3.73. The maximum atomic E-state index is 13.6. The minimum atomic E-state index is -7.96. The Balaban J connectivity index is 0. The summed E-state index contributed by atoms with van der Waals surface area (Å²) in [5.74, 6) is -33.4. The molecule has 4 nitrogen and oxygen atoms in total. The maximum absolute atomic E-state index is 13.6. The largest absolute Gasteiger partial charge is 1.00 e. The molecule has 0 aliphatic carbocycles. The van der Waals surface area contributed by atoms with E-state index in [1.54, 1.807) is 21.1 Å². The quantitative estimate of drug-likeness (QED) is 0.168. The molecule has 0 aromatic heterocycles. The first kappa shape index (κ1) is 35.2. The molecule has 0 saturated heterocycles. The van der Waals surface area contributed by atoms with Crippen molar-refractivity contribution in [1.82, 2.24) is 5.32 Å². The van der Waals surface area contributed by atoms with Gasteiger partial charge in [0.25, 0.3) is 5.91 Å². The number of ether oxygens (including phenoxy) is 1. The Morgan fingerprint density at radius 1 is 0.735 bits per heavy atom. The molecule has 34 heavy (non-hydrogen) atoms. The van der Waals surface area contributed by atoms with Gasteiger partial charge in [-0.1, -0.05) is 0 Å². The van der Waals surface area contributed by atoms with Crippen molar-refractivity contribution < 1.29 is 104 Å². The zero-order valence-corrected chi connectivity index (χ0v) is 19.1. The number of halogens is 16. The molecule has 0 atom stereocenters. The summed E-state index contributed by atoms with van der Waals surface area (Å²) in [5, 5.41) is 0.990. The lowest BCUT2D eigenvalue weighted by molar-refractivity contribution is -0.870. The Kier molecular flexibility index (Phi) is 10.6. The van der Waals surface area contributed by atoms with Crippen molar-refractivity contribution in [1.29, 1.82) is 0 Å². The van der Waals surface area contributed by atoms with Crippen LogP contribution in [-0.2, 0) is 9.53 Å². The molecule has 0 saturated carbocycles. The van der Waals surface area contributed by atoms with Gasteiger partial charge in [0.05, 0.1) is 27.7 Å². The van der Waals surface area contributed by atoms with Gasteiger partial charge in [-0.3, -0.25) is 9.53 Å². The third kappa shape index (κ3) is 6.84. The molecule has 206 valence electrons. The van der Waals surface area contributed by atoms with Crippen LogP contribution in [0, 0.1) is 0 Å². The van der Waals surface area contributed by atoms with Gasteiger partial charge in [-0.2, -0.15) is 65.9 Å². The lowest BCUT2D eigenvalue weighted by atomic mass is 10.0. The van der Waals surface area contributed by atoms with Gasteiger partial charge in [0, 0.05) is 13.0 Å². The Hall–Kier alpha value is -0.930. The molecule has 0 spiro atoms. The summed E-state index contributed by atoms with van der Waals surface area (Å²) in [4.78, 5) is 11.2. The molecule has 0 aromatic carbocycles. The molecule has 0 aliphatic heterocycles. The van der Waals surface area contributed by atoms with Gasteiger partial charge >= 0.3 is 42.1 Å². The summed E-state index contributed by atoms with van der Waals surface area (Å²) in [6, 6.07) is 0. The molecule has 0 bridgehead atoms. The fourth-order valence-corrected chi connectivity index (χ4v) is 1.91. The van der Waals surface area contributed by atoms with Crippen LogP contribution in [0.2, 0.25) is 0 Å². The highest BCUT2D eigenvalue weighted by Gasteiger charge is 2.87. The SMILES string of the molecule is C[N+](C)(C)CCCNC(=O)C(F)(F)C(F)(F)C(F)(F)C(F)(F)OC(F)(C(F)(F)F)C(F)(F)F.[I-]. The summed E-state index contributed by atoms with van der Waals surface area (Å²) >= 11 is 0. The van der Waals surface area contributed by atoms with E-state index < -0.39 is 54.5 Å². The zero-order valence-electron chi connectivity index (χ0n) is 16.9. The summed E-state index contributed by atoms with van der Waals surface area (Å²) < 4.78 is 196. The number of hydrogen-bond acceptors (Lipinski definition) is 2. The van der Waals surface area contributed by atoms with Crippen LogP contribution in [0.3, 0.4) is 0 Å². The zero-order chi connectivity index (χ0) is 27.1. The van der Waals surface area contributed by atoms with E-state index in [4.69, 9.17) is 0 Å². The number of nitrogens with one attached hydrogen (secondary N) is 1. The molecule has 0 rings (SSSR count). The van der Waals surface area contributed by atoms with Gasteiger partial charge < -0.3 is 33.8 Å². The van der Waals surface area contributed by atoms with Crippen LogP contribution in [0.1, 0.15) is 6.42 Å². The average molecular weight is 656 g/mol. The summed E-state index contributed by atoms with van der Waals surface area (Å²) in [5.41, 5.74) is 0. The van der Waals surface area contributed by atoms with Crippen molar-refractivity contribution in [2.75, 3.05) is 34.2 Å². The molecule has 0 aliphatic rings. The van der Waals surface area contributed by atoms with E-state index >= 15 is 0 Å². The number of rotatable bonds is 10. The Bertz CT molecular complexity index is 687. The fraction of sp³-hybridized carbons (Fsp3) is 0.929. The van der Waals surface area contributed by atoms with Crippen LogP contribution in [0.4, 0.5) is 65.9 Å². The first-order valence-corrected chi connectivity index (χ1v) is 8.21. The molecule has 0 unspecified atom stereocenters. The molecule has 0 radical (unpaired) electrons. The van der Waals surface area contributed by atoms with E-state index in [2.05, 4.69) is 0 Å². The molecule has 1 amide bonds. The van der Waals surface area contributed by atoms with Crippen LogP contribution in [0.5, 0.6) is 0 Å². The van der Waals surface area contributed by atoms with Gasteiger partial charge in [-0.15, -0.1) is 0 Å². The highest BCUT2D eigenvalue weighted by Crippen LogP contribution is 2.57. The predicted octanol–water partition coefficient (Wildman–Crippen LogP) is 1.51. The monoisotopic (exact) mass is 656 g/mol. The highest BCUT2D eigenvalue weighted by atomic mass is 127. The normalized spacial score (nSPS) is 15.1. The Morgan fingerprint density at radius 3 is 1.44 bits per heavy atom. The van der Waals surface area contributed by atoms with Gasteiger partial charge in [0.15, 0.2) is 0 Å². The van der Waals surface area contributed by atoms with Crippen LogP contribution in [0.15, 0.2) is 0 Å². The molecule has 0 fully saturated rings. The minimum absolute atomic E-state index is 0. The van der Waals surface area contributed by atoms with Crippen molar-refractivity contribution in [3.05, 3.63) is 0 Å². The second-order valence-electron chi connectivity index (χ2n) is 7.56.